The molecule has 0 saturated carbocycles. The van der Waals surface area contributed by atoms with Gasteiger partial charge in [-0.1, -0.05) is 49.6 Å². The maximum Gasteiger partial charge on any atom is 0.267 e. The highest BCUT2D eigenvalue weighted by Gasteiger charge is 2.25. The van der Waals surface area contributed by atoms with Crippen molar-refractivity contribution in [2.45, 2.75) is 63.8 Å². The first-order chi connectivity index (χ1) is 11.3. The van der Waals surface area contributed by atoms with E-state index >= 15 is 0 Å². The summed E-state index contributed by atoms with van der Waals surface area (Å²) >= 11 is 6.25. The average molecular weight is 364 g/mol. The molecule has 3 heterocycles. The van der Waals surface area contributed by atoms with Gasteiger partial charge in [-0.15, -0.1) is 0 Å². The lowest BCUT2D eigenvalue weighted by Crippen LogP contribution is -2.37. The van der Waals surface area contributed by atoms with E-state index in [1.165, 1.54) is 24.9 Å². The summed E-state index contributed by atoms with van der Waals surface area (Å²) in [6.07, 6.45) is 4.62. The van der Waals surface area contributed by atoms with Crippen molar-refractivity contribution in [3.05, 3.63) is 28.5 Å². The summed E-state index contributed by atoms with van der Waals surface area (Å²) in [5.41, 5.74) is 2.06. The lowest BCUT2D eigenvalue weighted by molar-refractivity contribution is 0.0928. The number of carbonyl (C=O) groups excluding carboxylic acids is 1. The number of pyridine rings is 1. The van der Waals surface area contributed by atoms with Crippen molar-refractivity contribution < 1.29 is 4.79 Å². The molecule has 1 fully saturated rings. The molecule has 2 aromatic heterocycles. The Morgan fingerprint density at radius 3 is 2.62 bits per heavy atom. The molecule has 6 heteroatoms. The van der Waals surface area contributed by atoms with Crippen LogP contribution in [0.4, 0.5) is 0 Å². The molecule has 1 saturated heterocycles. The van der Waals surface area contributed by atoms with Crippen LogP contribution >= 0.6 is 11.6 Å². The highest BCUT2D eigenvalue weighted by atomic mass is 35.5. The number of rotatable bonds is 2. The second kappa shape index (κ2) is 6.88. The second-order valence-electron chi connectivity index (χ2n) is 7.81. The Kier molecular flexibility index (Phi) is 5.02. The van der Waals surface area contributed by atoms with Crippen molar-refractivity contribution in [3.8, 4) is 0 Å². The maximum absolute atomic E-state index is 12.6. The molecule has 0 aromatic carbocycles. The first-order valence-corrected chi connectivity index (χ1v) is 12.6. The Bertz CT molecular complexity index is 744. The zero-order valence-electron chi connectivity index (χ0n) is 14.7. The fourth-order valence-electron chi connectivity index (χ4n) is 3.64. The number of hydrogen-bond donors (Lipinski definition) is 2. The van der Waals surface area contributed by atoms with Gasteiger partial charge in [0, 0.05) is 25.2 Å². The topological polar surface area (TPSA) is 57.8 Å². The van der Waals surface area contributed by atoms with Gasteiger partial charge in [0.05, 0.1) is 5.02 Å². The molecule has 0 aliphatic carbocycles. The lowest BCUT2D eigenvalue weighted by Gasteiger charge is -2.28. The number of carbonyl (C=O) groups is 1. The van der Waals surface area contributed by atoms with Crippen LogP contribution in [0.1, 0.15) is 41.9 Å². The fraction of sp³-hybridized carbons (Fsp3) is 0.556. The van der Waals surface area contributed by atoms with Crippen molar-refractivity contribution in [3.63, 3.8) is 0 Å². The minimum Gasteiger partial charge on any atom is -0.348 e. The molecule has 0 radical (unpaired) electrons. The summed E-state index contributed by atoms with van der Waals surface area (Å²) in [6, 6.07) is 6.63. The van der Waals surface area contributed by atoms with E-state index in [0.717, 1.165) is 23.9 Å². The molecular weight excluding hydrogens is 338 g/mol. The van der Waals surface area contributed by atoms with Crippen molar-refractivity contribution in [2.75, 3.05) is 0 Å². The van der Waals surface area contributed by atoms with Crippen molar-refractivity contribution in [1.29, 1.82) is 0 Å². The van der Waals surface area contributed by atoms with Crippen LogP contribution in [0.15, 0.2) is 12.1 Å². The van der Waals surface area contributed by atoms with E-state index in [9.17, 15) is 4.79 Å². The summed E-state index contributed by atoms with van der Waals surface area (Å²) < 4.78 is 0. The molecular formula is C18H26ClN3OSi. The Labute approximate surface area is 149 Å². The van der Waals surface area contributed by atoms with Crippen LogP contribution in [0.3, 0.4) is 0 Å². The van der Waals surface area contributed by atoms with Crippen LogP contribution in [0.5, 0.6) is 0 Å². The second-order valence-corrected chi connectivity index (χ2v) is 13.5. The van der Waals surface area contributed by atoms with E-state index in [-0.39, 0.29) is 11.9 Å². The largest absolute Gasteiger partial charge is 0.348 e. The number of fused-ring (bicyclic) bond motifs is 1. The number of aromatic amines is 1. The van der Waals surface area contributed by atoms with Gasteiger partial charge in [-0.3, -0.25) is 4.79 Å². The molecule has 2 aromatic rings. The van der Waals surface area contributed by atoms with E-state index in [1.807, 2.05) is 13.0 Å². The van der Waals surface area contributed by atoms with Gasteiger partial charge < -0.3 is 10.3 Å². The normalized spacial score (nSPS) is 19.0. The lowest BCUT2D eigenvalue weighted by atomic mass is 10.1. The maximum atomic E-state index is 12.6. The fourth-order valence-corrected chi connectivity index (χ4v) is 6.51. The molecule has 3 rings (SSSR count). The number of nitrogens with zero attached hydrogens (tertiary/aromatic N) is 1. The standard InChI is InChI=1S/C18H26ClN3OSi/c1-12-10-15(19)14-11-16(22-17(14)20-12)18(23)21-13-6-4-8-24(2,3)9-5-7-13/h10-11,13H,4-9H2,1-3H3,(H,20,22)(H,21,23). The van der Waals surface area contributed by atoms with Crippen LogP contribution in [0.2, 0.25) is 30.2 Å². The minimum absolute atomic E-state index is 0.0520. The third-order valence-corrected chi connectivity index (χ3v) is 8.80. The van der Waals surface area contributed by atoms with Gasteiger partial charge in [0.25, 0.3) is 5.91 Å². The predicted molar refractivity (Wildman–Crippen MR) is 103 cm³/mol. The van der Waals surface area contributed by atoms with Gasteiger partial charge in [0.1, 0.15) is 11.3 Å². The minimum atomic E-state index is -0.982. The number of amides is 1. The molecule has 0 bridgehead atoms. The Morgan fingerprint density at radius 1 is 1.29 bits per heavy atom. The monoisotopic (exact) mass is 363 g/mol. The zero-order valence-corrected chi connectivity index (χ0v) is 16.5. The molecule has 2 N–H and O–H groups in total. The third kappa shape index (κ3) is 4.01. The molecule has 4 nitrogen and oxygen atoms in total. The summed E-state index contributed by atoms with van der Waals surface area (Å²) in [4.78, 5) is 20.1. The number of hydrogen-bond acceptors (Lipinski definition) is 2. The molecule has 1 aliphatic rings. The summed E-state index contributed by atoms with van der Waals surface area (Å²) in [6.45, 7) is 6.86. The van der Waals surface area contributed by atoms with Crippen LogP contribution in [-0.2, 0) is 0 Å². The van der Waals surface area contributed by atoms with E-state index < -0.39 is 8.07 Å². The van der Waals surface area contributed by atoms with Crippen molar-refractivity contribution in [1.82, 2.24) is 15.3 Å². The van der Waals surface area contributed by atoms with Crippen LogP contribution in [0.25, 0.3) is 11.0 Å². The Balaban J connectivity index is 1.70. The van der Waals surface area contributed by atoms with Crippen LogP contribution in [0, 0.1) is 6.92 Å². The summed E-state index contributed by atoms with van der Waals surface area (Å²) in [7, 11) is -0.982. The number of aryl methyl sites for hydroxylation is 1. The number of halogens is 1. The van der Waals surface area contributed by atoms with Crippen LogP contribution in [-0.4, -0.2) is 30.0 Å². The van der Waals surface area contributed by atoms with E-state index in [2.05, 4.69) is 28.4 Å². The van der Waals surface area contributed by atoms with Gasteiger partial charge in [-0.05, 0) is 31.9 Å². The molecule has 24 heavy (non-hydrogen) atoms. The molecule has 1 aliphatic heterocycles. The number of H-pyrrole nitrogens is 1. The smallest absolute Gasteiger partial charge is 0.267 e. The Morgan fingerprint density at radius 2 is 1.96 bits per heavy atom. The van der Waals surface area contributed by atoms with Crippen molar-refractivity contribution in [2.24, 2.45) is 0 Å². The Hall–Kier alpha value is -1.33. The SMILES string of the molecule is Cc1cc(Cl)c2cc(C(=O)NC3CCC[Si](C)(C)CCC3)[nH]c2n1. The first kappa shape index (κ1) is 17.5. The molecule has 1 amide bonds. The molecule has 0 atom stereocenters. The van der Waals surface area contributed by atoms with E-state index in [1.54, 1.807) is 6.07 Å². The summed E-state index contributed by atoms with van der Waals surface area (Å²) in [5, 5.41) is 4.63. The van der Waals surface area contributed by atoms with E-state index in [0.29, 0.717) is 16.4 Å². The summed E-state index contributed by atoms with van der Waals surface area (Å²) in [5.74, 6) is -0.0520. The van der Waals surface area contributed by atoms with Gasteiger partial charge >= 0.3 is 0 Å². The quantitative estimate of drug-likeness (QED) is 0.745. The first-order valence-electron chi connectivity index (χ1n) is 8.81. The number of aromatic nitrogens is 2. The van der Waals surface area contributed by atoms with Gasteiger partial charge in [0.2, 0.25) is 0 Å². The van der Waals surface area contributed by atoms with Crippen LogP contribution < -0.4 is 5.32 Å². The highest BCUT2D eigenvalue weighted by molar-refractivity contribution is 6.77. The molecule has 0 spiro atoms. The molecule has 130 valence electrons. The van der Waals surface area contributed by atoms with Gasteiger partial charge in [0.15, 0.2) is 0 Å². The average Bonchev–Trinajstić information content (AvgIpc) is 2.89. The van der Waals surface area contributed by atoms with E-state index in [4.69, 9.17) is 11.6 Å². The number of nitrogens with one attached hydrogen (secondary N) is 2. The highest BCUT2D eigenvalue weighted by Crippen LogP contribution is 2.27. The van der Waals surface area contributed by atoms with Gasteiger partial charge in [-0.2, -0.15) is 0 Å². The van der Waals surface area contributed by atoms with Gasteiger partial charge in [-0.25, -0.2) is 4.98 Å². The van der Waals surface area contributed by atoms with Crippen molar-refractivity contribution >= 4 is 36.6 Å². The molecule has 0 unspecified atom stereocenters. The zero-order chi connectivity index (χ0) is 17.3. The predicted octanol–water partition coefficient (Wildman–Crippen LogP) is 4.91. The third-order valence-electron chi connectivity index (χ3n) is 5.07.